The predicted molar refractivity (Wildman–Crippen MR) is 66.1 cm³/mol. The normalized spacial score (nSPS) is 12.5. The molecular formula is C15H11F5O. The lowest BCUT2D eigenvalue weighted by Crippen LogP contribution is -2.13. The molecule has 0 heterocycles. The highest BCUT2D eigenvalue weighted by atomic mass is 19.2. The third kappa shape index (κ3) is 2.90. The van der Waals surface area contributed by atoms with Crippen LogP contribution in [0.1, 0.15) is 22.8 Å². The van der Waals surface area contributed by atoms with E-state index in [0.717, 1.165) is 5.56 Å². The summed E-state index contributed by atoms with van der Waals surface area (Å²) in [4.78, 5) is 0. The van der Waals surface area contributed by atoms with Crippen LogP contribution in [-0.4, -0.2) is 5.11 Å². The quantitative estimate of drug-likeness (QED) is 0.517. The Bertz CT molecular complexity index is 655. The summed E-state index contributed by atoms with van der Waals surface area (Å²) in [5.74, 6) is -10.4. The van der Waals surface area contributed by atoms with Gasteiger partial charge in [-0.05, 0) is 12.5 Å². The molecule has 0 radical (unpaired) electrons. The number of benzene rings is 2. The molecule has 0 saturated carbocycles. The standard InChI is InChI=1S/C15H11F5O/c1-7-3-2-4-8(5-7)6-9(21)10-11(16)13(18)15(20)14(19)12(10)17/h2-5,9,21H,6H2,1H3. The minimum atomic E-state index is -2.24. The highest BCUT2D eigenvalue weighted by Crippen LogP contribution is 2.29. The van der Waals surface area contributed by atoms with E-state index in [1.54, 1.807) is 31.2 Å². The van der Waals surface area contributed by atoms with Crippen molar-refractivity contribution in [2.45, 2.75) is 19.4 Å². The second kappa shape index (κ2) is 5.81. The molecule has 0 amide bonds. The third-order valence-corrected chi connectivity index (χ3v) is 3.09. The first-order valence-electron chi connectivity index (χ1n) is 6.07. The van der Waals surface area contributed by atoms with Crippen LogP contribution in [0.25, 0.3) is 0 Å². The summed E-state index contributed by atoms with van der Waals surface area (Å²) in [5.41, 5.74) is 0.149. The second-order valence-corrected chi connectivity index (χ2v) is 4.69. The Labute approximate surface area is 117 Å². The van der Waals surface area contributed by atoms with Gasteiger partial charge in [-0.3, -0.25) is 0 Å². The van der Waals surface area contributed by atoms with Crippen molar-refractivity contribution < 1.29 is 27.1 Å². The molecule has 0 aromatic heterocycles. The van der Waals surface area contributed by atoms with Crippen molar-refractivity contribution in [1.82, 2.24) is 0 Å². The van der Waals surface area contributed by atoms with Crippen LogP contribution in [0.4, 0.5) is 22.0 Å². The SMILES string of the molecule is Cc1cccc(CC(O)c2c(F)c(F)c(F)c(F)c2F)c1. The van der Waals surface area contributed by atoms with Crippen LogP contribution < -0.4 is 0 Å². The van der Waals surface area contributed by atoms with E-state index in [1.165, 1.54) is 0 Å². The average molecular weight is 302 g/mol. The van der Waals surface area contributed by atoms with Gasteiger partial charge in [-0.2, -0.15) is 0 Å². The summed E-state index contributed by atoms with van der Waals surface area (Å²) < 4.78 is 66.2. The lowest BCUT2D eigenvalue weighted by molar-refractivity contribution is 0.163. The van der Waals surface area contributed by atoms with Crippen LogP contribution in [0.3, 0.4) is 0 Å². The lowest BCUT2D eigenvalue weighted by atomic mass is 9.99. The van der Waals surface area contributed by atoms with Gasteiger partial charge in [0.1, 0.15) is 0 Å². The van der Waals surface area contributed by atoms with Crippen molar-refractivity contribution >= 4 is 0 Å². The van der Waals surface area contributed by atoms with E-state index in [9.17, 15) is 27.1 Å². The van der Waals surface area contributed by atoms with Crippen molar-refractivity contribution in [3.8, 4) is 0 Å². The first kappa shape index (κ1) is 15.4. The molecule has 1 nitrogen and oxygen atoms in total. The summed E-state index contributed by atoms with van der Waals surface area (Å²) in [6, 6.07) is 6.67. The van der Waals surface area contributed by atoms with Crippen LogP contribution in [0, 0.1) is 36.0 Å². The largest absolute Gasteiger partial charge is 0.388 e. The molecule has 2 rings (SSSR count). The molecule has 21 heavy (non-hydrogen) atoms. The smallest absolute Gasteiger partial charge is 0.200 e. The molecule has 2 aromatic carbocycles. The number of aliphatic hydroxyl groups excluding tert-OH is 1. The van der Waals surface area contributed by atoms with Crippen molar-refractivity contribution in [3.63, 3.8) is 0 Å². The van der Waals surface area contributed by atoms with Gasteiger partial charge in [0.05, 0.1) is 11.7 Å². The molecule has 0 aliphatic carbocycles. The van der Waals surface area contributed by atoms with Gasteiger partial charge in [0, 0.05) is 6.42 Å². The van der Waals surface area contributed by atoms with E-state index in [-0.39, 0.29) is 6.42 Å². The van der Waals surface area contributed by atoms with Crippen molar-refractivity contribution in [3.05, 3.63) is 70.0 Å². The van der Waals surface area contributed by atoms with Gasteiger partial charge in [0.25, 0.3) is 0 Å². The monoisotopic (exact) mass is 302 g/mol. The summed E-state index contributed by atoms with van der Waals surface area (Å²) in [7, 11) is 0. The third-order valence-electron chi connectivity index (χ3n) is 3.09. The molecule has 0 fully saturated rings. The molecule has 0 saturated heterocycles. The maximum atomic E-state index is 13.6. The molecule has 0 bridgehead atoms. The molecule has 1 unspecified atom stereocenters. The summed E-state index contributed by atoms with van der Waals surface area (Å²) >= 11 is 0. The number of hydrogen-bond acceptors (Lipinski definition) is 1. The van der Waals surface area contributed by atoms with E-state index in [2.05, 4.69) is 0 Å². The summed E-state index contributed by atoms with van der Waals surface area (Å²) in [6.45, 7) is 1.77. The zero-order valence-corrected chi connectivity index (χ0v) is 10.9. The van der Waals surface area contributed by atoms with Crippen LogP contribution in [0.2, 0.25) is 0 Å². The van der Waals surface area contributed by atoms with E-state index >= 15 is 0 Å². The van der Waals surface area contributed by atoms with Crippen molar-refractivity contribution in [2.75, 3.05) is 0 Å². The highest BCUT2D eigenvalue weighted by Gasteiger charge is 2.29. The van der Waals surface area contributed by atoms with E-state index in [1.807, 2.05) is 0 Å². The van der Waals surface area contributed by atoms with Gasteiger partial charge in [-0.1, -0.05) is 29.8 Å². The number of rotatable bonds is 3. The maximum Gasteiger partial charge on any atom is 0.200 e. The van der Waals surface area contributed by atoms with E-state index in [0.29, 0.717) is 5.56 Å². The number of hydrogen-bond donors (Lipinski definition) is 1. The van der Waals surface area contributed by atoms with Gasteiger partial charge in [-0.25, -0.2) is 22.0 Å². The molecule has 0 aliphatic rings. The van der Waals surface area contributed by atoms with Gasteiger partial charge in [0.15, 0.2) is 23.3 Å². The topological polar surface area (TPSA) is 20.2 Å². The van der Waals surface area contributed by atoms with Crippen LogP contribution in [0.5, 0.6) is 0 Å². The molecule has 2 aromatic rings. The zero-order valence-electron chi connectivity index (χ0n) is 10.9. The molecule has 1 N–H and O–H groups in total. The Morgan fingerprint density at radius 2 is 1.43 bits per heavy atom. The Hall–Kier alpha value is -1.95. The molecule has 112 valence electrons. The van der Waals surface area contributed by atoms with Crippen molar-refractivity contribution in [1.29, 1.82) is 0 Å². The molecule has 1 atom stereocenters. The second-order valence-electron chi connectivity index (χ2n) is 4.69. The number of halogens is 5. The molecular weight excluding hydrogens is 291 g/mol. The highest BCUT2D eigenvalue weighted by molar-refractivity contribution is 5.29. The first-order valence-corrected chi connectivity index (χ1v) is 6.07. The van der Waals surface area contributed by atoms with Gasteiger partial charge in [-0.15, -0.1) is 0 Å². The van der Waals surface area contributed by atoms with Gasteiger partial charge in [0.2, 0.25) is 5.82 Å². The lowest BCUT2D eigenvalue weighted by Gasteiger charge is -2.14. The maximum absolute atomic E-state index is 13.6. The van der Waals surface area contributed by atoms with Gasteiger partial charge >= 0.3 is 0 Å². The fourth-order valence-corrected chi connectivity index (χ4v) is 2.08. The summed E-state index contributed by atoms with van der Waals surface area (Å²) in [5, 5.41) is 9.83. The van der Waals surface area contributed by atoms with Gasteiger partial charge < -0.3 is 5.11 Å². The minimum Gasteiger partial charge on any atom is -0.388 e. The molecule has 0 spiro atoms. The zero-order chi connectivity index (χ0) is 15.7. The Morgan fingerprint density at radius 1 is 0.905 bits per heavy atom. The van der Waals surface area contributed by atoms with Crippen LogP contribution >= 0.6 is 0 Å². The Kier molecular flexibility index (Phi) is 4.27. The Balaban J connectivity index is 2.42. The fourth-order valence-electron chi connectivity index (χ4n) is 2.08. The molecule has 6 heteroatoms. The van der Waals surface area contributed by atoms with Crippen LogP contribution in [0.15, 0.2) is 24.3 Å². The predicted octanol–water partition coefficient (Wildman–Crippen LogP) is 3.97. The van der Waals surface area contributed by atoms with Crippen LogP contribution in [-0.2, 0) is 6.42 Å². The van der Waals surface area contributed by atoms with E-state index in [4.69, 9.17) is 0 Å². The van der Waals surface area contributed by atoms with E-state index < -0.39 is 40.8 Å². The summed E-state index contributed by atoms with van der Waals surface area (Å²) in [6.07, 6.45) is -2.10. The minimum absolute atomic E-state index is 0.264. The average Bonchev–Trinajstić information content (AvgIpc) is 2.43. The van der Waals surface area contributed by atoms with Crippen molar-refractivity contribution in [2.24, 2.45) is 0 Å². The molecule has 0 aliphatic heterocycles. The first-order chi connectivity index (χ1) is 9.82. The number of aryl methyl sites for hydroxylation is 1. The Morgan fingerprint density at radius 3 is 1.95 bits per heavy atom. The fraction of sp³-hybridized carbons (Fsp3) is 0.200. The number of aliphatic hydroxyl groups is 1.